The van der Waals surface area contributed by atoms with Crippen LogP contribution in [0.2, 0.25) is 0 Å². The molecule has 0 spiro atoms. The molecule has 1 aromatic carbocycles. The van der Waals surface area contributed by atoms with E-state index in [-0.39, 0.29) is 5.75 Å². The van der Waals surface area contributed by atoms with Crippen molar-refractivity contribution in [1.82, 2.24) is 0 Å². The molecule has 0 atom stereocenters. The van der Waals surface area contributed by atoms with Crippen molar-refractivity contribution in [1.29, 1.82) is 0 Å². The van der Waals surface area contributed by atoms with Crippen LogP contribution in [-0.2, 0) is 0 Å². The highest BCUT2D eigenvalue weighted by Crippen LogP contribution is 2.35. The molecule has 1 N–H and O–H groups in total. The van der Waals surface area contributed by atoms with Gasteiger partial charge in [-0.3, -0.25) is 0 Å². The molecular formula is C11H12O2. The Kier molecular flexibility index (Phi) is 1.59. The van der Waals surface area contributed by atoms with E-state index in [9.17, 15) is 5.11 Å². The van der Waals surface area contributed by atoms with Gasteiger partial charge in [-0.1, -0.05) is 12.1 Å². The Morgan fingerprint density at radius 1 is 1.08 bits per heavy atom. The fourth-order valence-corrected chi connectivity index (χ4v) is 1.59. The molecule has 2 rings (SSSR count). The Bertz CT molecular complexity index is 466. The summed E-state index contributed by atoms with van der Waals surface area (Å²) in [4.78, 5) is 0. The molecule has 0 fully saturated rings. The van der Waals surface area contributed by atoms with Crippen LogP contribution in [0, 0.1) is 20.8 Å². The van der Waals surface area contributed by atoms with Gasteiger partial charge in [-0.2, -0.15) is 0 Å². The summed E-state index contributed by atoms with van der Waals surface area (Å²) in [6.45, 7) is 5.72. The largest absolute Gasteiger partial charge is 0.504 e. The van der Waals surface area contributed by atoms with Crippen LogP contribution in [0.15, 0.2) is 16.5 Å². The lowest BCUT2D eigenvalue weighted by Gasteiger charge is -1.97. The number of aromatic hydroxyl groups is 1. The molecule has 0 amide bonds. The van der Waals surface area contributed by atoms with Crippen LogP contribution in [0.25, 0.3) is 11.0 Å². The monoisotopic (exact) mass is 176 g/mol. The van der Waals surface area contributed by atoms with E-state index >= 15 is 0 Å². The Hall–Kier alpha value is -1.44. The summed E-state index contributed by atoms with van der Waals surface area (Å²) in [7, 11) is 0. The third-order valence-corrected chi connectivity index (χ3v) is 2.39. The predicted molar refractivity (Wildman–Crippen MR) is 52.1 cm³/mol. The van der Waals surface area contributed by atoms with Gasteiger partial charge in [-0.25, -0.2) is 0 Å². The molecule has 0 bridgehead atoms. The van der Waals surface area contributed by atoms with Gasteiger partial charge in [0.1, 0.15) is 11.3 Å². The zero-order chi connectivity index (χ0) is 9.59. The Balaban J connectivity index is 3.00. The quantitative estimate of drug-likeness (QED) is 0.669. The fraction of sp³-hybridized carbons (Fsp3) is 0.273. The third kappa shape index (κ3) is 1.02. The van der Waals surface area contributed by atoms with Crippen molar-refractivity contribution in [2.75, 3.05) is 0 Å². The minimum absolute atomic E-state index is 0.274. The molecule has 0 aliphatic heterocycles. The average molecular weight is 176 g/mol. The van der Waals surface area contributed by atoms with Crippen molar-refractivity contribution in [3.63, 3.8) is 0 Å². The van der Waals surface area contributed by atoms with E-state index in [2.05, 4.69) is 0 Å². The van der Waals surface area contributed by atoms with Gasteiger partial charge in [0.2, 0.25) is 0 Å². The molecule has 0 unspecified atom stereocenters. The molecule has 0 aliphatic carbocycles. The van der Waals surface area contributed by atoms with Crippen molar-refractivity contribution in [3.8, 4) is 5.75 Å². The summed E-state index contributed by atoms with van der Waals surface area (Å²) < 4.78 is 5.46. The van der Waals surface area contributed by atoms with Crippen LogP contribution in [-0.4, -0.2) is 5.11 Å². The van der Waals surface area contributed by atoms with Gasteiger partial charge >= 0.3 is 0 Å². The summed E-state index contributed by atoms with van der Waals surface area (Å²) in [5.74, 6) is 0.864. The van der Waals surface area contributed by atoms with E-state index < -0.39 is 0 Å². The smallest absolute Gasteiger partial charge is 0.165 e. The van der Waals surface area contributed by atoms with E-state index in [0.29, 0.717) is 5.76 Å². The molecule has 1 heterocycles. The maximum Gasteiger partial charge on any atom is 0.165 e. The molecular weight excluding hydrogens is 164 g/mol. The molecule has 0 aliphatic rings. The highest BCUT2D eigenvalue weighted by Gasteiger charge is 2.12. The fourth-order valence-electron chi connectivity index (χ4n) is 1.59. The molecule has 0 saturated heterocycles. The van der Waals surface area contributed by atoms with E-state index in [0.717, 1.165) is 22.1 Å². The predicted octanol–water partition coefficient (Wildman–Crippen LogP) is 3.06. The number of fused-ring (bicyclic) bond motifs is 1. The van der Waals surface area contributed by atoms with Crippen molar-refractivity contribution >= 4 is 11.0 Å². The number of rotatable bonds is 0. The van der Waals surface area contributed by atoms with Crippen molar-refractivity contribution < 1.29 is 9.52 Å². The summed E-state index contributed by atoms with van der Waals surface area (Å²) in [5.41, 5.74) is 2.91. The van der Waals surface area contributed by atoms with Crippen molar-refractivity contribution in [3.05, 3.63) is 29.0 Å². The van der Waals surface area contributed by atoms with Crippen LogP contribution in [0.4, 0.5) is 0 Å². The summed E-state index contributed by atoms with van der Waals surface area (Å²) in [5, 5.41) is 10.6. The van der Waals surface area contributed by atoms with Gasteiger partial charge in [0.15, 0.2) is 5.75 Å². The van der Waals surface area contributed by atoms with E-state index in [1.54, 1.807) is 6.92 Å². The molecule has 2 nitrogen and oxygen atoms in total. The van der Waals surface area contributed by atoms with Crippen LogP contribution < -0.4 is 0 Å². The van der Waals surface area contributed by atoms with Crippen LogP contribution >= 0.6 is 0 Å². The second-order valence-corrected chi connectivity index (χ2v) is 3.41. The molecule has 2 aromatic rings. The van der Waals surface area contributed by atoms with Gasteiger partial charge in [0.25, 0.3) is 0 Å². The maximum absolute atomic E-state index is 9.71. The zero-order valence-corrected chi connectivity index (χ0v) is 8.01. The molecule has 68 valence electrons. The van der Waals surface area contributed by atoms with Crippen molar-refractivity contribution in [2.24, 2.45) is 0 Å². The topological polar surface area (TPSA) is 33.4 Å². The number of hydrogen-bond donors (Lipinski definition) is 1. The summed E-state index contributed by atoms with van der Waals surface area (Å²) >= 11 is 0. The first-order chi connectivity index (χ1) is 6.11. The highest BCUT2D eigenvalue weighted by molar-refractivity contribution is 5.90. The highest BCUT2D eigenvalue weighted by atomic mass is 16.4. The molecule has 0 saturated carbocycles. The van der Waals surface area contributed by atoms with Gasteiger partial charge < -0.3 is 9.52 Å². The van der Waals surface area contributed by atoms with E-state index in [1.165, 1.54) is 0 Å². The Labute approximate surface area is 76.8 Å². The minimum atomic E-state index is 0.274. The first-order valence-electron chi connectivity index (χ1n) is 4.29. The van der Waals surface area contributed by atoms with Gasteiger partial charge in [-0.05, 0) is 31.9 Å². The Morgan fingerprint density at radius 2 is 1.69 bits per heavy atom. The molecule has 1 aromatic heterocycles. The lowest BCUT2D eigenvalue weighted by atomic mass is 10.1. The molecule has 0 radical (unpaired) electrons. The standard InChI is InChI=1S/C11H12O2/c1-6-4-5-7(2)11-9(6)10(12)8(3)13-11/h4-5,12H,1-3H3. The average Bonchev–Trinajstić information content (AvgIpc) is 2.38. The molecule has 13 heavy (non-hydrogen) atoms. The Morgan fingerprint density at radius 3 is 2.31 bits per heavy atom. The number of hydrogen-bond acceptors (Lipinski definition) is 2. The molecule has 2 heteroatoms. The summed E-state index contributed by atoms with van der Waals surface area (Å²) in [6.07, 6.45) is 0. The van der Waals surface area contributed by atoms with E-state index in [4.69, 9.17) is 4.42 Å². The van der Waals surface area contributed by atoms with Crippen molar-refractivity contribution in [2.45, 2.75) is 20.8 Å². The van der Waals surface area contributed by atoms with Gasteiger partial charge in [-0.15, -0.1) is 0 Å². The maximum atomic E-state index is 9.71. The minimum Gasteiger partial charge on any atom is -0.504 e. The first kappa shape index (κ1) is 8.17. The zero-order valence-electron chi connectivity index (χ0n) is 8.01. The second-order valence-electron chi connectivity index (χ2n) is 3.41. The third-order valence-electron chi connectivity index (χ3n) is 2.39. The number of aryl methyl sites for hydroxylation is 3. The lowest BCUT2D eigenvalue weighted by Crippen LogP contribution is -1.77. The second kappa shape index (κ2) is 2.52. The van der Waals surface area contributed by atoms with Crippen LogP contribution in [0.1, 0.15) is 16.9 Å². The van der Waals surface area contributed by atoms with Crippen LogP contribution in [0.5, 0.6) is 5.75 Å². The van der Waals surface area contributed by atoms with E-state index in [1.807, 2.05) is 26.0 Å². The number of benzene rings is 1. The van der Waals surface area contributed by atoms with Gasteiger partial charge in [0, 0.05) is 0 Å². The summed E-state index contributed by atoms with van der Waals surface area (Å²) in [6, 6.07) is 3.99. The SMILES string of the molecule is Cc1oc2c(C)ccc(C)c2c1O. The number of furan rings is 1. The normalized spacial score (nSPS) is 11.0. The lowest BCUT2D eigenvalue weighted by molar-refractivity contribution is 0.451. The first-order valence-corrected chi connectivity index (χ1v) is 4.29. The van der Waals surface area contributed by atoms with Gasteiger partial charge in [0.05, 0.1) is 5.39 Å². The van der Waals surface area contributed by atoms with Crippen LogP contribution in [0.3, 0.4) is 0 Å².